The van der Waals surface area contributed by atoms with E-state index in [-0.39, 0.29) is 5.82 Å². The fraction of sp³-hybridized carbons (Fsp3) is 0.143. The van der Waals surface area contributed by atoms with Crippen LogP contribution < -0.4 is 4.74 Å². The molecule has 0 aliphatic heterocycles. The van der Waals surface area contributed by atoms with Crippen LogP contribution in [0.4, 0.5) is 4.39 Å². The lowest BCUT2D eigenvalue weighted by molar-refractivity contribution is 0.416. The van der Waals surface area contributed by atoms with Crippen molar-refractivity contribution >= 4 is 11.8 Å². The molecular formula is C21H18FN5O2S. The largest absolute Gasteiger partial charge is 0.496 e. The average molecular weight is 423 g/mol. The van der Waals surface area contributed by atoms with Crippen molar-refractivity contribution in [2.45, 2.75) is 17.5 Å². The Bertz CT molecular complexity index is 1160. The first-order chi connectivity index (χ1) is 14.7. The summed E-state index contributed by atoms with van der Waals surface area (Å²) >= 11 is 1.44. The second-order valence-corrected chi connectivity index (χ2v) is 7.16. The van der Waals surface area contributed by atoms with Crippen LogP contribution in [-0.2, 0) is 12.3 Å². The molecule has 2 aromatic heterocycles. The second-order valence-electron chi connectivity index (χ2n) is 6.22. The van der Waals surface area contributed by atoms with E-state index >= 15 is 0 Å². The molecule has 9 heteroatoms. The minimum absolute atomic E-state index is 0.318. The number of aromatic nitrogens is 5. The summed E-state index contributed by atoms with van der Waals surface area (Å²) in [5.74, 6) is 2.37. The van der Waals surface area contributed by atoms with E-state index in [4.69, 9.17) is 9.26 Å². The molecule has 0 saturated carbocycles. The highest BCUT2D eigenvalue weighted by atomic mass is 32.2. The van der Waals surface area contributed by atoms with Gasteiger partial charge >= 0.3 is 0 Å². The third-order valence-electron chi connectivity index (χ3n) is 4.27. The van der Waals surface area contributed by atoms with Gasteiger partial charge in [0, 0.05) is 12.1 Å². The average Bonchev–Trinajstić information content (AvgIpc) is 3.40. The van der Waals surface area contributed by atoms with Crippen molar-refractivity contribution in [1.82, 2.24) is 24.9 Å². The van der Waals surface area contributed by atoms with Crippen molar-refractivity contribution in [1.29, 1.82) is 0 Å². The quantitative estimate of drug-likeness (QED) is 0.302. The van der Waals surface area contributed by atoms with Crippen molar-refractivity contribution in [3.8, 4) is 28.6 Å². The van der Waals surface area contributed by atoms with E-state index in [0.29, 0.717) is 46.3 Å². The van der Waals surface area contributed by atoms with Crippen LogP contribution in [0, 0.1) is 5.82 Å². The van der Waals surface area contributed by atoms with Gasteiger partial charge in [-0.05, 0) is 36.4 Å². The van der Waals surface area contributed by atoms with Gasteiger partial charge < -0.3 is 9.26 Å². The number of hydrogen-bond donors (Lipinski definition) is 0. The number of para-hydroxylation sites is 1. The molecule has 0 fully saturated rings. The van der Waals surface area contributed by atoms with Gasteiger partial charge in [0.05, 0.1) is 18.4 Å². The molecule has 0 N–H and O–H groups in total. The van der Waals surface area contributed by atoms with Gasteiger partial charge in [-0.15, -0.1) is 16.8 Å². The van der Waals surface area contributed by atoms with Crippen molar-refractivity contribution < 1.29 is 13.7 Å². The molecule has 152 valence electrons. The van der Waals surface area contributed by atoms with E-state index < -0.39 is 0 Å². The second kappa shape index (κ2) is 8.91. The number of ether oxygens (including phenoxy) is 1. The van der Waals surface area contributed by atoms with Gasteiger partial charge in [0.1, 0.15) is 11.6 Å². The summed E-state index contributed by atoms with van der Waals surface area (Å²) in [7, 11) is 1.62. The van der Waals surface area contributed by atoms with Crippen LogP contribution in [0.15, 0.2) is 70.9 Å². The number of hydrogen-bond acceptors (Lipinski definition) is 7. The van der Waals surface area contributed by atoms with E-state index in [1.807, 2.05) is 28.8 Å². The van der Waals surface area contributed by atoms with Gasteiger partial charge in [0.15, 0.2) is 16.8 Å². The molecule has 4 aromatic rings. The lowest BCUT2D eigenvalue weighted by Crippen LogP contribution is -2.02. The molecule has 30 heavy (non-hydrogen) atoms. The van der Waals surface area contributed by atoms with Gasteiger partial charge in [-0.25, -0.2) is 4.39 Å². The predicted octanol–water partition coefficient (Wildman–Crippen LogP) is 4.62. The topological polar surface area (TPSA) is 78.9 Å². The summed E-state index contributed by atoms with van der Waals surface area (Å²) in [4.78, 5) is 4.37. The maximum absolute atomic E-state index is 13.1. The summed E-state index contributed by atoms with van der Waals surface area (Å²) in [6.45, 7) is 4.37. The van der Waals surface area contributed by atoms with Crippen LogP contribution in [-0.4, -0.2) is 32.0 Å². The van der Waals surface area contributed by atoms with Gasteiger partial charge in [-0.1, -0.05) is 35.1 Å². The van der Waals surface area contributed by atoms with Gasteiger partial charge in [-0.2, -0.15) is 4.98 Å². The Balaban J connectivity index is 1.55. The Morgan fingerprint density at radius 3 is 2.73 bits per heavy atom. The summed E-state index contributed by atoms with van der Waals surface area (Å²) < 4.78 is 25.8. The molecule has 0 bridgehead atoms. The number of benzene rings is 2. The first-order valence-electron chi connectivity index (χ1n) is 9.08. The van der Waals surface area contributed by atoms with Crippen LogP contribution in [0.5, 0.6) is 5.75 Å². The van der Waals surface area contributed by atoms with Gasteiger partial charge in [-0.3, -0.25) is 4.57 Å². The predicted molar refractivity (Wildman–Crippen MR) is 111 cm³/mol. The van der Waals surface area contributed by atoms with Crippen LogP contribution in [0.2, 0.25) is 0 Å². The Morgan fingerprint density at radius 2 is 1.97 bits per heavy atom. The maximum Gasteiger partial charge on any atom is 0.257 e. The number of nitrogens with zero attached hydrogens (tertiary/aromatic N) is 5. The lowest BCUT2D eigenvalue weighted by atomic mass is 10.2. The van der Waals surface area contributed by atoms with E-state index in [1.165, 1.54) is 23.9 Å². The summed E-state index contributed by atoms with van der Waals surface area (Å²) in [5, 5.41) is 13.4. The summed E-state index contributed by atoms with van der Waals surface area (Å²) in [6, 6.07) is 13.5. The zero-order valence-corrected chi connectivity index (χ0v) is 17.0. The Kier molecular flexibility index (Phi) is 5.89. The van der Waals surface area contributed by atoms with E-state index in [2.05, 4.69) is 26.9 Å². The maximum atomic E-state index is 13.1. The van der Waals surface area contributed by atoms with Crippen LogP contribution in [0.3, 0.4) is 0 Å². The number of rotatable bonds is 8. The highest BCUT2D eigenvalue weighted by Crippen LogP contribution is 2.31. The third kappa shape index (κ3) is 4.11. The molecule has 0 spiro atoms. The number of methoxy groups -OCH3 is 1. The van der Waals surface area contributed by atoms with Crippen LogP contribution in [0.25, 0.3) is 22.8 Å². The van der Waals surface area contributed by atoms with Gasteiger partial charge in [0.25, 0.3) is 5.89 Å². The molecule has 0 unspecified atom stereocenters. The number of halogens is 1. The minimum Gasteiger partial charge on any atom is -0.496 e. The molecule has 2 heterocycles. The molecule has 7 nitrogen and oxygen atoms in total. The fourth-order valence-corrected chi connectivity index (χ4v) is 3.66. The molecule has 0 atom stereocenters. The summed E-state index contributed by atoms with van der Waals surface area (Å²) in [5.41, 5.74) is 1.51. The molecule has 4 rings (SSSR count). The number of thioether (sulfide) groups is 1. The van der Waals surface area contributed by atoms with Crippen molar-refractivity contribution in [2.24, 2.45) is 0 Å². The zero-order valence-electron chi connectivity index (χ0n) is 16.2. The summed E-state index contributed by atoms with van der Waals surface area (Å²) in [6.07, 6.45) is 1.79. The first-order valence-corrected chi connectivity index (χ1v) is 10.1. The Morgan fingerprint density at radius 1 is 1.17 bits per heavy atom. The van der Waals surface area contributed by atoms with Crippen LogP contribution >= 0.6 is 11.8 Å². The van der Waals surface area contributed by atoms with Gasteiger partial charge in [0.2, 0.25) is 0 Å². The fourth-order valence-electron chi connectivity index (χ4n) is 2.87. The highest BCUT2D eigenvalue weighted by Gasteiger charge is 2.18. The molecule has 0 aliphatic rings. The minimum atomic E-state index is -0.318. The van der Waals surface area contributed by atoms with Crippen molar-refractivity contribution in [3.05, 3.63) is 72.8 Å². The number of allylic oxidation sites excluding steroid dienone is 1. The molecule has 0 radical (unpaired) electrons. The normalized spacial score (nSPS) is 10.9. The molecule has 0 saturated heterocycles. The van der Waals surface area contributed by atoms with E-state index in [9.17, 15) is 4.39 Å². The van der Waals surface area contributed by atoms with Crippen LogP contribution in [0.1, 0.15) is 5.82 Å². The molecule has 0 amide bonds. The smallest absolute Gasteiger partial charge is 0.257 e. The standard InChI is InChI=1S/C21H18FN5O2S/c1-3-12-27-19(16-6-4-5-7-17(16)28-2)24-25-21(27)30-13-18-23-20(29-26-18)14-8-10-15(22)11-9-14/h3-11H,1,12-13H2,2H3. The monoisotopic (exact) mass is 423 g/mol. The highest BCUT2D eigenvalue weighted by molar-refractivity contribution is 7.98. The lowest BCUT2D eigenvalue weighted by Gasteiger charge is -2.10. The third-order valence-corrected chi connectivity index (χ3v) is 5.23. The zero-order chi connectivity index (χ0) is 20.9. The van der Waals surface area contributed by atoms with E-state index in [0.717, 1.165) is 5.56 Å². The molecule has 2 aromatic carbocycles. The SMILES string of the molecule is C=CCn1c(SCc2noc(-c3ccc(F)cc3)n2)nnc1-c1ccccc1OC. The molecule has 0 aliphatic carbocycles. The first kappa shape index (κ1) is 19.8. The van der Waals surface area contributed by atoms with Crippen molar-refractivity contribution in [2.75, 3.05) is 7.11 Å². The Labute approximate surface area is 176 Å². The molecular weight excluding hydrogens is 405 g/mol. The van der Waals surface area contributed by atoms with E-state index in [1.54, 1.807) is 25.3 Å². The van der Waals surface area contributed by atoms with Crippen molar-refractivity contribution in [3.63, 3.8) is 0 Å². The Hall–Kier alpha value is -3.46.